The maximum absolute atomic E-state index is 4.08. The van der Waals surface area contributed by atoms with Crippen LogP contribution >= 0.6 is 0 Å². The summed E-state index contributed by atoms with van der Waals surface area (Å²) in [6, 6.07) is 4.43. The van der Waals surface area contributed by atoms with E-state index >= 15 is 0 Å². The highest BCUT2D eigenvalue weighted by atomic mass is 15.1. The fourth-order valence-corrected chi connectivity index (χ4v) is 1.30. The Kier molecular flexibility index (Phi) is 3.19. The molecule has 12 heavy (non-hydrogen) atoms. The highest BCUT2D eigenvalue weighted by molar-refractivity contribution is 5.13. The lowest BCUT2D eigenvalue weighted by molar-refractivity contribution is -0.378. The Hall–Kier alpha value is -0.930. The van der Waals surface area contributed by atoms with Gasteiger partial charge in [0, 0.05) is 12.4 Å². The maximum Gasteiger partial charge on any atom is 0.0940 e. The summed E-state index contributed by atoms with van der Waals surface area (Å²) in [5, 5.41) is 0. The fraction of sp³-hybridized carbons (Fsp3) is 0.444. The maximum atomic E-state index is 4.08. The van der Waals surface area contributed by atoms with Gasteiger partial charge in [0.05, 0.1) is 12.6 Å². The lowest BCUT2D eigenvalue weighted by atomic mass is 10.1. The van der Waals surface area contributed by atoms with Crippen LogP contribution < -0.4 is 5.73 Å². The third-order valence-electron chi connectivity index (χ3n) is 1.97. The Bertz CT molecular complexity index is 220. The van der Waals surface area contributed by atoms with Crippen LogP contribution in [0.5, 0.6) is 0 Å². The molecule has 0 radical (unpaired) electrons. The van der Waals surface area contributed by atoms with Gasteiger partial charge in [0.15, 0.2) is 0 Å². The van der Waals surface area contributed by atoms with Gasteiger partial charge in [-0.1, -0.05) is 6.07 Å². The third kappa shape index (κ3) is 2.03. The SMILES string of the molecule is CN(C)C(C[NH3+])c1cccnc1. The van der Waals surface area contributed by atoms with Crippen LogP contribution in [0.15, 0.2) is 24.5 Å². The van der Waals surface area contributed by atoms with Crippen molar-refractivity contribution in [3.8, 4) is 0 Å². The van der Waals surface area contributed by atoms with E-state index in [0.717, 1.165) is 6.54 Å². The molecule has 0 aliphatic carbocycles. The van der Waals surface area contributed by atoms with E-state index < -0.39 is 0 Å². The van der Waals surface area contributed by atoms with Crippen molar-refractivity contribution in [2.45, 2.75) is 6.04 Å². The first-order chi connectivity index (χ1) is 5.75. The van der Waals surface area contributed by atoms with E-state index in [2.05, 4.69) is 35.8 Å². The molecule has 1 aromatic heterocycles. The van der Waals surface area contributed by atoms with Gasteiger partial charge in [0.1, 0.15) is 0 Å². The molecule has 0 spiro atoms. The number of aromatic nitrogens is 1. The number of pyridine rings is 1. The first-order valence-electron chi connectivity index (χ1n) is 4.11. The molecular weight excluding hydrogens is 150 g/mol. The molecule has 1 rings (SSSR count). The minimum atomic E-state index is 0.388. The summed E-state index contributed by atoms with van der Waals surface area (Å²) in [6.45, 7) is 0.874. The topological polar surface area (TPSA) is 43.8 Å². The van der Waals surface area contributed by atoms with Crippen molar-refractivity contribution in [1.82, 2.24) is 9.88 Å². The molecule has 1 aromatic rings. The smallest absolute Gasteiger partial charge is 0.0940 e. The van der Waals surface area contributed by atoms with Crippen LogP contribution in [0, 0.1) is 0 Å². The second-order valence-corrected chi connectivity index (χ2v) is 3.05. The molecule has 3 nitrogen and oxygen atoms in total. The van der Waals surface area contributed by atoms with E-state index in [-0.39, 0.29) is 0 Å². The van der Waals surface area contributed by atoms with Crippen LogP contribution in [0.2, 0.25) is 0 Å². The molecule has 0 aromatic carbocycles. The van der Waals surface area contributed by atoms with Crippen LogP contribution in [0.3, 0.4) is 0 Å². The van der Waals surface area contributed by atoms with Crippen molar-refractivity contribution in [2.75, 3.05) is 20.6 Å². The molecular formula is C9H16N3+. The van der Waals surface area contributed by atoms with Gasteiger partial charge in [-0.15, -0.1) is 0 Å². The van der Waals surface area contributed by atoms with Gasteiger partial charge >= 0.3 is 0 Å². The molecule has 0 aliphatic heterocycles. The molecule has 0 amide bonds. The van der Waals surface area contributed by atoms with E-state index in [0.29, 0.717) is 6.04 Å². The average molecular weight is 166 g/mol. The molecule has 0 saturated carbocycles. The van der Waals surface area contributed by atoms with Gasteiger partial charge in [-0.05, 0) is 25.7 Å². The Morgan fingerprint density at radius 1 is 1.58 bits per heavy atom. The van der Waals surface area contributed by atoms with Gasteiger partial charge in [0.25, 0.3) is 0 Å². The quantitative estimate of drug-likeness (QED) is 0.683. The van der Waals surface area contributed by atoms with E-state index in [1.807, 2.05) is 12.3 Å². The molecule has 1 atom stereocenters. The second kappa shape index (κ2) is 4.18. The Labute approximate surface area is 73.2 Å². The van der Waals surface area contributed by atoms with E-state index in [9.17, 15) is 0 Å². The Morgan fingerprint density at radius 2 is 2.33 bits per heavy atom. The number of quaternary nitrogens is 1. The molecule has 0 saturated heterocycles. The van der Waals surface area contributed by atoms with E-state index in [1.165, 1.54) is 5.56 Å². The summed E-state index contributed by atoms with van der Waals surface area (Å²) in [5.41, 5.74) is 5.15. The highest BCUT2D eigenvalue weighted by Gasteiger charge is 2.12. The fourth-order valence-electron chi connectivity index (χ4n) is 1.30. The predicted octanol–water partition coefficient (Wildman–Crippen LogP) is -0.0738. The minimum absolute atomic E-state index is 0.388. The lowest BCUT2D eigenvalue weighted by Gasteiger charge is -2.20. The van der Waals surface area contributed by atoms with Crippen LogP contribution in [0.1, 0.15) is 11.6 Å². The Balaban J connectivity index is 2.80. The van der Waals surface area contributed by atoms with Crippen molar-refractivity contribution < 1.29 is 5.73 Å². The zero-order valence-corrected chi connectivity index (χ0v) is 7.70. The summed E-state index contributed by atoms with van der Waals surface area (Å²) in [7, 11) is 4.12. The number of likely N-dealkylation sites (N-methyl/N-ethyl adjacent to an activating group) is 1. The molecule has 0 bridgehead atoms. The van der Waals surface area contributed by atoms with Crippen LogP contribution in [0.4, 0.5) is 0 Å². The molecule has 66 valence electrons. The van der Waals surface area contributed by atoms with E-state index in [1.54, 1.807) is 6.20 Å². The summed E-state index contributed by atoms with van der Waals surface area (Å²) < 4.78 is 0. The lowest BCUT2D eigenvalue weighted by Crippen LogP contribution is -2.55. The van der Waals surface area contributed by atoms with Gasteiger partial charge in [-0.3, -0.25) is 9.88 Å². The van der Waals surface area contributed by atoms with Crippen molar-refractivity contribution >= 4 is 0 Å². The van der Waals surface area contributed by atoms with Gasteiger partial charge in [0.2, 0.25) is 0 Å². The van der Waals surface area contributed by atoms with Crippen LogP contribution in [-0.2, 0) is 0 Å². The molecule has 0 aliphatic rings. The van der Waals surface area contributed by atoms with Crippen LogP contribution in [-0.4, -0.2) is 30.5 Å². The van der Waals surface area contributed by atoms with Gasteiger partial charge in [-0.2, -0.15) is 0 Å². The Morgan fingerprint density at radius 3 is 2.75 bits per heavy atom. The van der Waals surface area contributed by atoms with Crippen molar-refractivity contribution in [3.63, 3.8) is 0 Å². The second-order valence-electron chi connectivity index (χ2n) is 3.05. The molecule has 1 unspecified atom stereocenters. The monoisotopic (exact) mass is 166 g/mol. The number of nitrogens with zero attached hydrogens (tertiary/aromatic N) is 2. The summed E-state index contributed by atoms with van der Waals surface area (Å²) in [5.74, 6) is 0. The van der Waals surface area contributed by atoms with Crippen LogP contribution in [0.25, 0.3) is 0 Å². The number of hydrogen-bond donors (Lipinski definition) is 1. The standard InChI is InChI=1S/C9H15N3/c1-12(2)9(6-10)8-4-3-5-11-7-8/h3-5,7,9H,6,10H2,1-2H3/p+1. The van der Waals surface area contributed by atoms with Crippen molar-refractivity contribution in [2.24, 2.45) is 0 Å². The number of hydrogen-bond acceptors (Lipinski definition) is 2. The molecule has 3 heteroatoms. The first-order valence-corrected chi connectivity index (χ1v) is 4.11. The summed E-state index contributed by atoms with van der Waals surface area (Å²) in [4.78, 5) is 6.24. The van der Waals surface area contributed by atoms with Gasteiger partial charge in [-0.25, -0.2) is 0 Å². The van der Waals surface area contributed by atoms with Crippen molar-refractivity contribution in [1.29, 1.82) is 0 Å². The average Bonchev–Trinajstić information content (AvgIpc) is 2.07. The zero-order valence-electron chi connectivity index (χ0n) is 7.70. The summed E-state index contributed by atoms with van der Waals surface area (Å²) in [6.07, 6.45) is 3.69. The van der Waals surface area contributed by atoms with Crippen molar-refractivity contribution in [3.05, 3.63) is 30.1 Å². The highest BCUT2D eigenvalue weighted by Crippen LogP contribution is 2.13. The number of rotatable bonds is 3. The molecule has 0 fully saturated rings. The molecule has 3 N–H and O–H groups in total. The predicted molar refractivity (Wildman–Crippen MR) is 48.4 cm³/mol. The van der Waals surface area contributed by atoms with Gasteiger partial charge < -0.3 is 5.73 Å². The van der Waals surface area contributed by atoms with E-state index in [4.69, 9.17) is 0 Å². The normalized spacial score (nSPS) is 13.3. The zero-order chi connectivity index (χ0) is 8.97. The molecule has 1 heterocycles. The largest absolute Gasteiger partial charge is 0.356 e. The third-order valence-corrected chi connectivity index (χ3v) is 1.97. The first kappa shape index (κ1) is 9.16. The minimum Gasteiger partial charge on any atom is -0.356 e. The summed E-state index contributed by atoms with van der Waals surface area (Å²) >= 11 is 0.